The molecule has 6 heteroatoms. The summed E-state index contributed by atoms with van der Waals surface area (Å²) in [7, 11) is 0. The number of carbonyl (C=O) groups excluding carboxylic acids is 1. The van der Waals surface area contributed by atoms with Crippen LogP contribution in [0.2, 0.25) is 0 Å². The van der Waals surface area contributed by atoms with Crippen molar-refractivity contribution in [3.63, 3.8) is 0 Å². The lowest BCUT2D eigenvalue weighted by Crippen LogP contribution is -2.40. The van der Waals surface area contributed by atoms with Crippen LogP contribution in [0.15, 0.2) is 6.20 Å². The summed E-state index contributed by atoms with van der Waals surface area (Å²) in [6, 6.07) is 0. The summed E-state index contributed by atoms with van der Waals surface area (Å²) in [6.45, 7) is 12.5. The number of likely N-dealkylation sites (N-methyl/N-ethyl adjacent to an activating group) is 1. The first kappa shape index (κ1) is 17.9. The van der Waals surface area contributed by atoms with Gasteiger partial charge >= 0.3 is 6.09 Å². The van der Waals surface area contributed by atoms with Crippen LogP contribution in [0.4, 0.5) is 4.79 Å². The van der Waals surface area contributed by atoms with Crippen LogP contribution in [0, 0.1) is 0 Å². The number of nitrogens with one attached hydrogen (secondary N) is 1. The maximum absolute atomic E-state index is 12.0. The number of aryl methyl sites for hydroxylation is 1. The van der Waals surface area contributed by atoms with Crippen molar-refractivity contribution in [3.05, 3.63) is 16.1 Å². The zero-order valence-corrected chi connectivity index (χ0v) is 14.5. The van der Waals surface area contributed by atoms with Crippen molar-refractivity contribution in [1.29, 1.82) is 0 Å². The summed E-state index contributed by atoms with van der Waals surface area (Å²) < 4.78 is 5.38. The minimum Gasteiger partial charge on any atom is -0.444 e. The molecule has 1 N–H and O–H groups in total. The molecule has 0 bridgehead atoms. The zero-order chi connectivity index (χ0) is 15.9. The molecule has 0 unspecified atom stereocenters. The monoisotopic (exact) mass is 313 g/mol. The second-order valence-electron chi connectivity index (χ2n) is 5.81. The van der Waals surface area contributed by atoms with Crippen LogP contribution in [0.25, 0.3) is 0 Å². The summed E-state index contributed by atoms with van der Waals surface area (Å²) in [5.41, 5.74) is -0.447. The number of rotatable bonds is 7. The Labute approximate surface area is 131 Å². The Morgan fingerprint density at radius 2 is 2.14 bits per heavy atom. The molecule has 1 heterocycles. The molecule has 0 aliphatic heterocycles. The minimum absolute atomic E-state index is 0.252. The highest BCUT2D eigenvalue weighted by Crippen LogP contribution is 2.13. The van der Waals surface area contributed by atoms with Crippen molar-refractivity contribution in [2.75, 3.05) is 19.6 Å². The van der Waals surface area contributed by atoms with Gasteiger partial charge in [-0.2, -0.15) is 0 Å². The quantitative estimate of drug-likeness (QED) is 0.786. The Morgan fingerprint density at radius 3 is 2.67 bits per heavy atom. The van der Waals surface area contributed by atoms with E-state index in [0.717, 1.165) is 24.5 Å². The van der Waals surface area contributed by atoms with Gasteiger partial charge in [0.25, 0.3) is 0 Å². The van der Waals surface area contributed by atoms with Gasteiger partial charge in [0.05, 0.1) is 5.01 Å². The lowest BCUT2D eigenvalue weighted by molar-refractivity contribution is 0.0262. The van der Waals surface area contributed by atoms with Crippen LogP contribution in [0.3, 0.4) is 0 Å². The number of thiazole rings is 1. The molecule has 0 radical (unpaired) electrons. The summed E-state index contributed by atoms with van der Waals surface area (Å²) in [6.07, 6.45) is 2.65. The summed E-state index contributed by atoms with van der Waals surface area (Å²) in [5.74, 6) is 0. The molecule has 1 aromatic heterocycles. The van der Waals surface area contributed by atoms with Crippen molar-refractivity contribution in [3.8, 4) is 0 Å². The van der Waals surface area contributed by atoms with Crippen molar-refractivity contribution in [2.45, 2.75) is 53.2 Å². The number of hydrogen-bond acceptors (Lipinski definition) is 5. The molecule has 0 aliphatic carbocycles. The van der Waals surface area contributed by atoms with E-state index in [-0.39, 0.29) is 6.09 Å². The molecule has 21 heavy (non-hydrogen) atoms. The fraction of sp³-hybridized carbons (Fsp3) is 0.733. The number of amides is 1. The van der Waals surface area contributed by atoms with Crippen LogP contribution < -0.4 is 5.32 Å². The molecule has 0 fully saturated rings. The number of carbonyl (C=O) groups is 1. The number of nitrogens with zero attached hydrogens (tertiary/aromatic N) is 2. The number of hydrogen-bond donors (Lipinski definition) is 1. The van der Waals surface area contributed by atoms with E-state index in [1.807, 2.05) is 33.9 Å². The summed E-state index contributed by atoms with van der Waals surface area (Å²) >= 11 is 1.73. The SMILES string of the molecule is CCc1ncc(CNCCN(CC)C(=O)OC(C)(C)C)s1. The molecule has 5 nitrogen and oxygen atoms in total. The second kappa shape index (κ2) is 8.34. The predicted octanol–water partition coefficient (Wildman–Crippen LogP) is 3.05. The Balaban J connectivity index is 2.30. The maximum atomic E-state index is 12.0. The molecule has 0 saturated carbocycles. The maximum Gasteiger partial charge on any atom is 0.410 e. The molecule has 1 rings (SSSR count). The van der Waals surface area contributed by atoms with Gasteiger partial charge in [0.15, 0.2) is 0 Å². The average molecular weight is 313 g/mol. The Kier molecular flexibility index (Phi) is 7.11. The van der Waals surface area contributed by atoms with E-state index in [2.05, 4.69) is 17.2 Å². The van der Waals surface area contributed by atoms with Crippen LogP contribution in [-0.4, -0.2) is 41.2 Å². The largest absolute Gasteiger partial charge is 0.444 e. The Morgan fingerprint density at radius 1 is 1.43 bits per heavy atom. The molecule has 0 spiro atoms. The lowest BCUT2D eigenvalue weighted by Gasteiger charge is -2.26. The first-order valence-electron chi connectivity index (χ1n) is 7.48. The minimum atomic E-state index is -0.447. The molecular formula is C15H27N3O2S. The Hall–Kier alpha value is -1.14. The fourth-order valence-corrected chi connectivity index (χ4v) is 2.56. The van der Waals surface area contributed by atoms with Gasteiger partial charge in [0.2, 0.25) is 0 Å². The van der Waals surface area contributed by atoms with E-state index < -0.39 is 5.60 Å². The zero-order valence-electron chi connectivity index (χ0n) is 13.7. The van der Waals surface area contributed by atoms with E-state index in [9.17, 15) is 4.79 Å². The van der Waals surface area contributed by atoms with Crippen molar-refractivity contribution >= 4 is 17.4 Å². The molecule has 120 valence electrons. The molecule has 0 aliphatic rings. The van der Waals surface area contributed by atoms with Gasteiger partial charge in [0, 0.05) is 37.3 Å². The molecule has 0 saturated heterocycles. The van der Waals surface area contributed by atoms with Gasteiger partial charge in [-0.05, 0) is 34.1 Å². The summed E-state index contributed by atoms with van der Waals surface area (Å²) in [4.78, 5) is 19.2. The third-order valence-corrected chi connectivity index (χ3v) is 3.94. The first-order valence-corrected chi connectivity index (χ1v) is 8.29. The normalized spacial score (nSPS) is 11.5. The van der Waals surface area contributed by atoms with Crippen LogP contribution >= 0.6 is 11.3 Å². The second-order valence-corrected chi connectivity index (χ2v) is 7.01. The van der Waals surface area contributed by atoms with E-state index in [0.29, 0.717) is 13.1 Å². The highest BCUT2D eigenvalue weighted by Gasteiger charge is 2.20. The van der Waals surface area contributed by atoms with E-state index >= 15 is 0 Å². The van der Waals surface area contributed by atoms with Crippen molar-refractivity contribution < 1.29 is 9.53 Å². The molecule has 1 aromatic rings. The van der Waals surface area contributed by atoms with E-state index in [1.165, 1.54) is 4.88 Å². The standard InChI is InChI=1S/C15H27N3O2S/c1-6-13-17-11-12(21-13)10-16-8-9-18(7-2)14(19)20-15(3,4)5/h11,16H,6-10H2,1-5H3. The molecular weight excluding hydrogens is 286 g/mol. The van der Waals surface area contributed by atoms with Gasteiger partial charge in [-0.1, -0.05) is 6.92 Å². The predicted molar refractivity (Wildman–Crippen MR) is 86.7 cm³/mol. The Bertz CT molecular complexity index is 440. The van der Waals surface area contributed by atoms with Crippen LogP contribution in [0.1, 0.15) is 44.5 Å². The smallest absolute Gasteiger partial charge is 0.410 e. The molecule has 1 amide bonds. The molecule has 0 atom stereocenters. The van der Waals surface area contributed by atoms with Crippen molar-refractivity contribution in [1.82, 2.24) is 15.2 Å². The lowest BCUT2D eigenvalue weighted by atomic mass is 10.2. The van der Waals surface area contributed by atoms with Crippen molar-refractivity contribution in [2.24, 2.45) is 0 Å². The third kappa shape index (κ3) is 6.91. The summed E-state index contributed by atoms with van der Waals surface area (Å²) in [5, 5.41) is 4.51. The fourth-order valence-electron chi connectivity index (χ4n) is 1.72. The topological polar surface area (TPSA) is 54.5 Å². The average Bonchev–Trinajstić information content (AvgIpc) is 2.84. The van der Waals surface area contributed by atoms with Gasteiger partial charge in [0.1, 0.15) is 5.60 Å². The highest BCUT2D eigenvalue weighted by atomic mass is 32.1. The van der Waals surface area contributed by atoms with E-state index in [1.54, 1.807) is 16.2 Å². The third-order valence-electron chi connectivity index (χ3n) is 2.80. The highest BCUT2D eigenvalue weighted by molar-refractivity contribution is 7.11. The van der Waals surface area contributed by atoms with Gasteiger partial charge < -0.3 is 15.0 Å². The number of aromatic nitrogens is 1. The van der Waals surface area contributed by atoms with Crippen LogP contribution in [-0.2, 0) is 17.7 Å². The van der Waals surface area contributed by atoms with Gasteiger partial charge in [-0.3, -0.25) is 0 Å². The van der Waals surface area contributed by atoms with E-state index in [4.69, 9.17) is 4.74 Å². The van der Waals surface area contributed by atoms with Gasteiger partial charge in [-0.25, -0.2) is 9.78 Å². The number of ether oxygens (including phenoxy) is 1. The first-order chi connectivity index (χ1) is 9.85. The molecule has 0 aromatic carbocycles. The van der Waals surface area contributed by atoms with Gasteiger partial charge in [-0.15, -0.1) is 11.3 Å². The van der Waals surface area contributed by atoms with Crippen LogP contribution in [0.5, 0.6) is 0 Å².